The van der Waals surface area contributed by atoms with Crippen LogP contribution in [-0.2, 0) is 16.0 Å². The summed E-state index contributed by atoms with van der Waals surface area (Å²) < 4.78 is 0. The topological polar surface area (TPSA) is 92.1 Å². The van der Waals surface area contributed by atoms with Gasteiger partial charge in [-0.3, -0.25) is 9.59 Å². The van der Waals surface area contributed by atoms with Gasteiger partial charge >= 0.3 is 0 Å². The Morgan fingerprint density at radius 3 is 2.95 bits per heavy atom. The van der Waals surface area contributed by atoms with Crippen LogP contribution in [0.5, 0.6) is 0 Å². The van der Waals surface area contributed by atoms with Gasteiger partial charge < -0.3 is 15.6 Å². The van der Waals surface area contributed by atoms with Gasteiger partial charge in [0.2, 0.25) is 11.8 Å². The molecule has 2 amide bonds. The maximum absolute atomic E-state index is 11.8. The Hall–Kier alpha value is -2.37. The number of hydrogen-bond donors (Lipinski definition) is 2. The van der Waals surface area contributed by atoms with E-state index < -0.39 is 5.91 Å². The number of hydrogen-bond acceptors (Lipinski definition) is 3. The Bertz CT molecular complexity index is 631. The summed E-state index contributed by atoms with van der Waals surface area (Å²) in [4.78, 5) is 32.3. The lowest BCUT2D eigenvalue weighted by Gasteiger charge is -2.14. The summed E-state index contributed by atoms with van der Waals surface area (Å²) in [6.45, 7) is 0.983. The monoisotopic (exact) mass is 272 g/mol. The summed E-state index contributed by atoms with van der Waals surface area (Å²) in [7, 11) is 0. The summed E-state index contributed by atoms with van der Waals surface area (Å²) in [6, 6.07) is 7.80. The van der Waals surface area contributed by atoms with E-state index in [0.29, 0.717) is 19.5 Å². The Kier molecular flexibility index (Phi) is 3.14. The highest BCUT2D eigenvalue weighted by molar-refractivity contribution is 5.88. The molecule has 1 atom stereocenters. The minimum Gasteiger partial charge on any atom is -0.369 e. The molecule has 1 unspecified atom stereocenters. The largest absolute Gasteiger partial charge is 0.369 e. The van der Waals surface area contributed by atoms with Crippen LogP contribution >= 0.6 is 0 Å². The number of primary amides is 1. The molecule has 6 nitrogen and oxygen atoms in total. The molecule has 1 aliphatic rings. The maximum atomic E-state index is 11.8. The van der Waals surface area contributed by atoms with E-state index in [2.05, 4.69) is 9.97 Å². The summed E-state index contributed by atoms with van der Waals surface area (Å²) in [6.07, 6.45) is 0.876. The highest BCUT2D eigenvalue weighted by Crippen LogP contribution is 2.18. The number of aromatic nitrogens is 2. The number of imidazole rings is 1. The van der Waals surface area contributed by atoms with Crippen LogP contribution < -0.4 is 5.73 Å². The molecule has 1 fully saturated rings. The zero-order valence-electron chi connectivity index (χ0n) is 11.0. The van der Waals surface area contributed by atoms with Crippen molar-refractivity contribution in [3.63, 3.8) is 0 Å². The second-order valence-electron chi connectivity index (χ2n) is 5.09. The smallest absolute Gasteiger partial charge is 0.223 e. The van der Waals surface area contributed by atoms with Crippen molar-refractivity contribution in [2.75, 3.05) is 13.1 Å². The van der Waals surface area contributed by atoms with Crippen molar-refractivity contribution in [2.45, 2.75) is 12.8 Å². The molecule has 1 aromatic carbocycles. The Balaban J connectivity index is 1.64. The van der Waals surface area contributed by atoms with Gasteiger partial charge in [-0.1, -0.05) is 12.1 Å². The molecule has 6 heteroatoms. The molecule has 1 aliphatic heterocycles. The van der Waals surface area contributed by atoms with E-state index in [-0.39, 0.29) is 18.2 Å². The normalized spacial score (nSPS) is 18.9. The number of fused-ring (bicyclic) bond motifs is 1. The minimum atomic E-state index is -0.399. The van der Waals surface area contributed by atoms with Gasteiger partial charge in [0, 0.05) is 25.9 Å². The number of nitrogens with one attached hydrogen (secondary N) is 1. The number of para-hydroxylation sites is 2. The van der Waals surface area contributed by atoms with E-state index in [0.717, 1.165) is 16.9 Å². The molecule has 1 aromatic heterocycles. The fourth-order valence-electron chi connectivity index (χ4n) is 2.54. The first-order valence-electron chi connectivity index (χ1n) is 6.64. The van der Waals surface area contributed by atoms with Crippen LogP contribution in [0.4, 0.5) is 0 Å². The minimum absolute atomic E-state index is 0.00934. The van der Waals surface area contributed by atoms with Crippen LogP contribution in [0, 0.1) is 5.92 Å². The zero-order valence-corrected chi connectivity index (χ0v) is 11.0. The molecule has 0 spiro atoms. The van der Waals surface area contributed by atoms with E-state index in [1.165, 1.54) is 0 Å². The number of benzene rings is 1. The van der Waals surface area contributed by atoms with Gasteiger partial charge in [-0.15, -0.1) is 0 Å². The molecule has 3 rings (SSSR count). The molecule has 3 N–H and O–H groups in total. The van der Waals surface area contributed by atoms with Crippen LogP contribution in [0.3, 0.4) is 0 Å². The van der Waals surface area contributed by atoms with Crippen LogP contribution in [0.1, 0.15) is 12.2 Å². The molecular weight excluding hydrogens is 256 g/mol. The number of likely N-dealkylation sites (tertiary alicyclic amines) is 1. The van der Waals surface area contributed by atoms with Gasteiger partial charge in [0.15, 0.2) is 0 Å². The Morgan fingerprint density at radius 1 is 1.45 bits per heavy atom. The number of carbonyl (C=O) groups is 2. The van der Waals surface area contributed by atoms with Gasteiger partial charge in [-0.05, 0) is 12.1 Å². The number of nitrogens with two attached hydrogens (primary N) is 1. The number of H-pyrrole nitrogens is 1. The second-order valence-corrected chi connectivity index (χ2v) is 5.09. The fraction of sp³-hybridized carbons (Fsp3) is 0.357. The van der Waals surface area contributed by atoms with Crippen molar-refractivity contribution in [2.24, 2.45) is 11.7 Å². The van der Waals surface area contributed by atoms with Crippen LogP contribution in [0.2, 0.25) is 0 Å². The lowest BCUT2D eigenvalue weighted by Crippen LogP contribution is -2.30. The third-order valence-corrected chi connectivity index (χ3v) is 3.67. The highest BCUT2D eigenvalue weighted by atomic mass is 16.2. The van der Waals surface area contributed by atoms with Gasteiger partial charge in [0.25, 0.3) is 0 Å². The van der Waals surface area contributed by atoms with Gasteiger partial charge in [-0.25, -0.2) is 4.98 Å². The van der Waals surface area contributed by atoms with E-state index in [4.69, 9.17) is 5.73 Å². The predicted octanol–water partition coefficient (Wildman–Crippen LogP) is 0.439. The Labute approximate surface area is 116 Å². The van der Waals surface area contributed by atoms with Crippen LogP contribution in [0.15, 0.2) is 24.3 Å². The van der Waals surface area contributed by atoms with E-state index >= 15 is 0 Å². The average Bonchev–Trinajstić information content (AvgIpc) is 2.99. The molecule has 2 heterocycles. The standard InChI is InChI=1S/C14H16N4O2/c15-14(20)9-7-13(19)18(8-9)6-5-12-16-10-3-1-2-4-11(10)17-12/h1-4,9H,5-8H2,(H2,15,20)(H,16,17). The summed E-state index contributed by atoms with van der Waals surface area (Å²) in [5.41, 5.74) is 7.16. The molecule has 0 aliphatic carbocycles. The van der Waals surface area contributed by atoms with E-state index in [9.17, 15) is 9.59 Å². The first-order valence-corrected chi connectivity index (χ1v) is 6.64. The molecule has 0 saturated carbocycles. The molecule has 0 radical (unpaired) electrons. The lowest BCUT2D eigenvalue weighted by atomic mass is 10.1. The first-order chi connectivity index (χ1) is 9.63. The number of aromatic amines is 1. The van der Waals surface area contributed by atoms with Crippen LogP contribution in [-0.4, -0.2) is 39.8 Å². The number of rotatable bonds is 4. The lowest BCUT2D eigenvalue weighted by molar-refractivity contribution is -0.128. The summed E-state index contributed by atoms with van der Waals surface area (Å²) in [5, 5.41) is 0. The van der Waals surface area contributed by atoms with E-state index in [1.54, 1.807) is 4.90 Å². The molecule has 1 saturated heterocycles. The third kappa shape index (κ3) is 2.36. The molecule has 0 bridgehead atoms. The molecular formula is C14H16N4O2. The van der Waals surface area contributed by atoms with Crippen LogP contribution in [0.25, 0.3) is 11.0 Å². The van der Waals surface area contributed by atoms with Gasteiger partial charge in [0.05, 0.1) is 17.0 Å². The number of amides is 2. The van der Waals surface area contributed by atoms with Crippen molar-refractivity contribution in [1.82, 2.24) is 14.9 Å². The van der Waals surface area contributed by atoms with Crippen molar-refractivity contribution in [3.8, 4) is 0 Å². The highest BCUT2D eigenvalue weighted by Gasteiger charge is 2.32. The summed E-state index contributed by atoms with van der Waals surface area (Å²) >= 11 is 0. The van der Waals surface area contributed by atoms with E-state index in [1.807, 2.05) is 24.3 Å². The first kappa shape index (κ1) is 12.7. The second kappa shape index (κ2) is 4.96. The van der Waals surface area contributed by atoms with Crippen molar-refractivity contribution >= 4 is 22.8 Å². The predicted molar refractivity (Wildman–Crippen MR) is 73.7 cm³/mol. The number of carbonyl (C=O) groups excluding carboxylic acids is 2. The van der Waals surface area contributed by atoms with Crippen molar-refractivity contribution < 1.29 is 9.59 Å². The zero-order chi connectivity index (χ0) is 14.1. The third-order valence-electron chi connectivity index (χ3n) is 3.67. The molecule has 104 valence electrons. The van der Waals surface area contributed by atoms with Gasteiger partial charge in [0.1, 0.15) is 5.82 Å². The quantitative estimate of drug-likeness (QED) is 0.845. The SMILES string of the molecule is NC(=O)C1CC(=O)N(CCc2nc3ccccc3[nH]2)C1. The number of nitrogens with zero attached hydrogens (tertiary/aromatic N) is 2. The van der Waals surface area contributed by atoms with Crippen molar-refractivity contribution in [3.05, 3.63) is 30.1 Å². The molecule has 20 heavy (non-hydrogen) atoms. The Morgan fingerprint density at radius 2 is 2.25 bits per heavy atom. The van der Waals surface area contributed by atoms with Crippen molar-refractivity contribution in [1.29, 1.82) is 0 Å². The fourth-order valence-corrected chi connectivity index (χ4v) is 2.54. The maximum Gasteiger partial charge on any atom is 0.223 e. The van der Waals surface area contributed by atoms with Gasteiger partial charge in [-0.2, -0.15) is 0 Å². The molecule has 2 aromatic rings. The summed E-state index contributed by atoms with van der Waals surface area (Å²) in [5.74, 6) is 0.0918. The average molecular weight is 272 g/mol.